The molecule has 1 unspecified atom stereocenters. The maximum Gasteiger partial charge on any atom is 0.0829 e. The van der Waals surface area contributed by atoms with Gasteiger partial charge in [-0.25, -0.2) is 0 Å². The Kier molecular flexibility index (Phi) is 5.57. The molecule has 0 aromatic rings. The Labute approximate surface area is 82.8 Å². The summed E-state index contributed by atoms with van der Waals surface area (Å²) >= 11 is 0. The van der Waals surface area contributed by atoms with Crippen molar-refractivity contribution in [2.75, 3.05) is 6.61 Å². The van der Waals surface area contributed by atoms with Crippen molar-refractivity contribution >= 4 is 0 Å². The lowest BCUT2D eigenvalue weighted by Crippen LogP contribution is -2.52. The number of nitrogens with two attached hydrogens (primary N) is 1. The van der Waals surface area contributed by atoms with Crippen LogP contribution in [0.25, 0.3) is 0 Å². The molecule has 0 radical (unpaired) electrons. The van der Waals surface area contributed by atoms with Gasteiger partial charge in [0.25, 0.3) is 0 Å². The zero-order valence-electron chi connectivity index (χ0n) is 9.76. The summed E-state index contributed by atoms with van der Waals surface area (Å²) in [6.45, 7) is 11.4. The molecule has 1 atom stereocenters. The number of rotatable bonds is 6. The highest BCUT2D eigenvalue weighted by molar-refractivity contribution is 4.91. The molecule has 0 aromatic heterocycles. The quantitative estimate of drug-likeness (QED) is 0.693. The van der Waals surface area contributed by atoms with Crippen LogP contribution in [-0.2, 0) is 4.74 Å². The average molecular weight is 187 g/mol. The normalized spacial score (nSPS) is 15.0. The standard InChI is InChI=1S/C11H25NO/c1-6-11(7-2,13-8-3)10(12)9(4)5/h9-10H,6-8,12H2,1-5H3. The highest BCUT2D eigenvalue weighted by atomic mass is 16.5. The largest absolute Gasteiger partial charge is 0.374 e. The number of ether oxygens (including phenoxy) is 1. The Hall–Kier alpha value is -0.0800. The second-order valence-corrected chi connectivity index (χ2v) is 3.97. The summed E-state index contributed by atoms with van der Waals surface area (Å²) in [6, 6.07) is 0.141. The first-order valence-corrected chi connectivity index (χ1v) is 5.43. The first-order valence-electron chi connectivity index (χ1n) is 5.43. The molecule has 0 saturated heterocycles. The van der Waals surface area contributed by atoms with Crippen molar-refractivity contribution in [1.29, 1.82) is 0 Å². The first kappa shape index (κ1) is 12.9. The Bertz CT molecular complexity index is 130. The van der Waals surface area contributed by atoms with E-state index in [9.17, 15) is 0 Å². The summed E-state index contributed by atoms with van der Waals surface area (Å²) in [5.74, 6) is 0.478. The summed E-state index contributed by atoms with van der Waals surface area (Å²) in [6.07, 6.45) is 1.99. The summed E-state index contributed by atoms with van der Waals surface area (Å²) in [4.78, 5) is 0. The van der Waals surface area contributed by atoms with Crippen LogP contribution in [0.3, 0.4) is 0 Å². The molecular formula is C11H25NO. The summed E-state index contributed by atoms with van der Waals surface area (Å²) in [5.41, 5.74) is 6.07. The van der Waals surface area contributed by atoms with Gasteiger partial charge in [-0.3, -0.25) is 0 Å². The lowest BCUT2D eigenvalue weighted by atomic mass is 9.82. The highest BCUT2D eigenvalue weighted by Gasteiger charge is 2.35. The Morgan fingerprint density at radius 2 is 1.62 bits per heavy atom. The first-order chi connectivity index (χ1) is 6.04. The smallest absolute Gasteiger partial charge is 0.0829 e. The van der Waals surface area contributed by atoms with E-state index in [-0.39, 0.29) is 11.6 Å². The van der Waals surface area contributed by atoms with Crippen molar-refractivity contribution in [3.63, 3.8) is 0 Å². The molecule has 0 aliphatic rings. The van der Waals surface area contributed by atoms with Crippen LogP contribution in [-0.4, -0.2) is 18.2 Å². The van der Waals surface area contributed by atoms with Gasteiger partial charge in [0.1, 0.15) is 0 Å². The van der Waals surface area contributed by atoms with Crippen molar-refractivity contribution < 1.29 is 4.74 Å². The van der Waals surface area contributed by atoms with Gasteiger partial charge in [-0.15, -0.1) is 0 Å². The van der Waals surface area contributed by atoms with Gasteiger partial charge in [0.15, 0.2) is 0 Å². The van der Waals surface area contributed by atoms with E-state index < -0.39 is 0 Å². The molecule has 0 spiro atoms. The van der Waals surface area contributed by atoms with Crippen LogP contribution in [0.5, 0.6) is 0 Å². The van der Waals surface area contributed by atoms with E-state index in [1.54, 1.807) is 0 Å². The zero-order valence-corrected chi connectivity index (χ0v) is 9.76. The third kappa shape index (κ3) is 2.96. The van der Waals surface area contributed by atoms with E-state index in [0.717, 1.165) is 19.4 Å². The van der Waals surface area contributed by atoms with E-state index in [1.165, 1.54) is 0 Å². The Morgan fingerprint density at radius 1 is 1.15 bits per heavy atom. The molecule has 0 saturated carbocycles. The van der Waals surface area contributed by atoms with Crippen LogP contribution >= 0.6 is 0 Å². The third-order valence-electron chi connectivity index (χ3n) is 2.95. The van der Waals surface area contributed by atoms with Gasteiger partial charge < -0.3 is 10.5 Å². The van der Waals surface area contributed by atoms with Crippen LogP contribution < -0.4 is 5.73 Å². The van der Waals surface area contributed by atoms with Crippen molar-refractivity contribution in [2.24, 2.45) is 11.7 Å². The van der Waals surface area contributed by atoms with E-state index >= 15 is 0 Å². The minimum Gasteiger partial charge on any atom is -0.374 e. The fourth-order valence-electron chi connectivity index (χ4n) is 1.92. The van der Waals surface area contributed by atoms with Gasteiger partial charge in [-0.1, -0.05) is 27.7 Å². The van der Waals surface area contributed by atoms with E-state index in [4.69, 9.17) is 10.5 Å². The van der Waals surface area contributed by atoms with Crippen molar-refractivity contribution in [3.8, 4) is 0 Å². The minimum absolute atomic E-state index is 0.108. The molecule has 13 heavy (non-hydrogen) atoms. The predicted octanol–water partition coefficient (Wildman–Crippen LogP) is 2.57. The van der Waals surface area contributed by atoms with Crippen LogP contribution in [0.2, 0.25) is 0 Å². The Balaban J connectivity index is 4.53. The summed E-state index contributed by atoms with van der Waals surface area (Å²) < 4.78 is 5.83. The van der Waals surface area contributed by atoms with Gasteiger partial charge in [0.2, 0.25) is 0 Å². The minimum atomic E-state index is -0.108. The van der Waals surface area contributed by atoms with Gasteiger partial charge in [0, 0.05) is 12.6 Å². The zero-order chi connectivity index (χ0) is 10.5. The topological polar surface area (TPSA) is 35.2 Å². The molecule has 0 aliphatic heterocycles. The fourth-order valence-corrected chi connectivity index (χ4v) is 1.92. The maximum atomic E-state index is 6.18. The number of hydrogen-bond donors (Lipinski definition) is 1. The van der Waals surface area contributed by atoms with Gasteiger partial charge in [-0.05, 0) is 25.7 Å². The molecule has 2 N–H and O–H groups in total. The summed E-state index contributed by atoms with van der Waals surface area (Å²) in [5, 5.41) is 0. The molecule has 80 valence electrons. The molecule has 0 fully saturated rings. The number of hydrogen-bond acceptors (Lipinski definition) is 2. The molecule has 0 aliphatic carbocycles. The van der Waals surface area contributed by atoms with E-state index in [2.05, 4.69) is 27.7 Å². The maximum absolute atomic E-state index is 6.18. The highest BCUT2D eigenvalue weighted by Crippen LogP contribution is 2.27. The Morgan fingerprint density at radius 3 is 1.85 bits per heavy atom. The molecular weight excluding hydrogens is 162 g/mol. The van der Waals surface area contributed by atoms with Gasteiger partial charge >= 0.3 is 0 Å². The van der Waals surface area contributed by atoms with E-state index in [0.29, 0.717) is 5.92 Å². The molecule has 2 heteroatoms. The molecule has 0 aromatic carbocycles. The molecule has 0 bridgehead atoms. The SMILES string of the molecule is CCOC(CC)(CC)C(N)C(C)C. The average Bonchev–Trinajstić information content (AvgIpc) is 2.13. The van der Waals surface area contributed by atoms with Crippen molar-refractivity contribution in [2.45, 2.75) is 59.1 Å². The lowest BCUT2D eigenvalue weighted by molar-refractivity contribution is -0.0727. The monoisotopic (exact) mass is 187 g/mol. The van der Waals surface area contributed by atoms with Crippen molar-refractivity contribution in [3.05, 3.63) is 0 Å². The van der Waals surface area contributed by atoms with Crippen LogP contribution in [0.1, 0.15) is 47.5 Å². The predicted molar refractivity (Wildman–Crippen MR) is 57.8 cm³/mol. The van der Waals surface area contributed by atoms with E-state index in [1.807, 2.05) is 6.92 Å². The second kappa shape index (κ2) is 5.61. The fraction of sp³-hybridized carbons (Fsp3) is 1.00. The van der Waals surface area contributed by atoms with Crippen LogP contribution in [0, 0.1) is 5.92 Å². The molecule has 0 amide bonds. The molecule has 2 nitrogen and oxygen atoms in total. The van der Waals surface area contributed by atoms with Gasteiger partial charge in [0.05, 0.1) is 5.60 Å². The van der Waals surface area contributed by atoms with Crippen molar-refractivity contribution in [1.82, 2.24) is 0 Å². The second-order valence-electron chi connectivity index (χ2n) is 3.97. The third-order valence-corrected chi connectivity index (χ3v) is 2.95. The molecule has 0 rings (SSSR count). The van der Waals surface area contributed by atoms with Gasteiger partial charge in [-0.2, -0.15) is 0 Å². The lowest BCUT2D eigenvalue weighted by Gasteiger charge is -2.39. The summed E-state index contributed by atoms with van der Waals surface area (Å²) in [7, 11) is 0. The van der Waals surface area contributed by atoms with Crippen LogP contribution in [0.4, 0.5) is 0 Å². The van der Waals surface area contributed by atoms with Crippen LogP contribution in [0.15, 0.2) is 0 Å². The molecule has 0 heterocycles.